The lowest BCUT2D eigenvalue weighted by Gasteiger charge is -2.23. The molecule has 0 amide bonds. The summed E-state index contributed by atoms with van der Waals surface area (Å²) in [6.07, 6.45) is 1.32. The van der Waals surface area contributed by atoms with Gasteiger partial charge in [-0.15, -0.1) is 0 Å². The summed E-state index contributed by atoms with van der Waals surface area (Å²) in [6, 6.07) is 6.61. The molecule has 0 aromatic heterocycles. The maximum Gasteiger partial charge on any atom is 0.0375 e. The monoisotopic (exact) mass is 374 g/mol. The van der Waals surface area contributed by atoms with E-state index in [0.29, 0.717) is 0 Å². The third kappa shape index (κ3) is 3.49. The van der Waals surface area contributed by atoms with Gasteiger partial charge in [-0.3, -0.25) is 0 Å². The second kappa shape index (κ2) is 6.40. The highest BCUT2D eigenvalue weighted by molar-refractivity contribution is 9.10. The van der Waals surface area contributed by atoms with Gasteiger partial charge in [0.2, 0.25) is 0 Å². The second-order valence-corrected chi connectivity index (χ2v) is 6.62. The van der Waals surface area contributed by atoms with E-state index in [4.69, 9.17) is 0 Å². The van der Waals surface area contributed by atoms with E-state index in [1.165, 1.54) is 35.2 Å². The Morgan fingerprint density at radius 1 is 1.44 bits per heavy atom. The summed E-state index contributed by atoms with van der Waals surface area (Å²) in [4.78, 5) is 4.79. The Bertz CT molecular complexity index is 409. The third-order valence-corrected chi connectivity index (χ3v) is 4.98. The van der Waals surface area contributed by atoms with Crippen molar-refractivity contribution < 1.29 is 0 Å². The van der Waals surface area contributed by atoms with Crippen LogP contribution in [0.2, 0.25) is 0 Å². The summed E-state index contributed by atoms with van der Waals surface area (Å²) in [5.74, 6) is 0.801. The van der Waals surface area contributed by atoms with Crippen LogP contribution in [0.3, 0.4) is 0 Å². The number of rotatable bonds is 4. The third-order valence-electron chi connectivity index (χ3n) is 3.64. The summed E-state index contributed by atoms with van der Waals surface area (Å²) in [5.41, 5.74) is 2.59. The summed E-state index contributed by atoms with van der Waals surface area (Å²) < 4.78 is 1.19. The molecule has 1 aliphatic heterocycles. The minimum Gasteiger partial charge on any atom is -0.374 e. The lowest BCUT2D eigenvalue weighted by atomic mass is 10.1. The first kappa shape index (κ1) is 14.4. The largest absolute Gasteiger partial charge is 0.374 e. The molecule has 18 heavy (non-hydrogen) atoms. The lowest BCUT2D eigenvalue weighted by Crippen LogP contribution is -2.27. The van der Waals surface area contributed by atoms with E-state index in [2.05, 4.69) is 74.0 Å². The average Bonchev–Trinajstić information content (AvgIpc) is 2.74. The van der Waals surface area contributed by atoms with Gasteiger partial charge in [-0.25, -0.2) is 0 Å². The zero-order chi connectivity index (χ0) is 13.1. The maximum atomic E-state index is 3.63. The minimum absolute atomic E-state index is 0.801. The maximum absolute atomic E-state index is 3.63. The standard InChI is InChI=1S/C14H20Br2N2/c1-17-6-5-11(9-17)10-18(2)13-4-3-12(8-15)14(16)7-13/h3-4,7,11H,5-6,8-10H2,1-2H3. The van der Waals surface area contributed by atoms with Gasteiger partial charge in [0.1, 0.15) is 0 Å². The Balaban J connectivity index is 2.00. The zero-order valence-electron chi connectivity index (χ0n) is 11.0. The fourth-order valence-corrected chi connectivity index (χ4v) is 3.92. The van der Waals surface area contributed by atoms with Crippen LogP contribution in [0.1, 0.15) is 12.0 Å². The normalized spacial score (nSPS) is 20.3. The minimum atomic E-state index is 0.801. The molecule has 0 radical (unpaired) electrons. The van der Waals surface area contributed by atoms with Gasteiger partial charge < -0.3 is 9.80 Å². The molecule has 1 aliphatic rings. The van der Waals surface area contributed by atoms with Gasteiger partial charge in [0, 0.05) is 35.6 Å². The van der Waals surface area contributed by atoms with Crippen molar-refractivity contribution in [2.24, 2.45) is 5.92 Å². The number of nitrogens with zero attached hydrogens (tertiary/aromatic N) is 2. The quantitative estimate of drug-likeness (QED) is 0.739. The van der Waals surface area contributed by atoms with Crippen molar-refractivity contribution in [3.05, 3.63) is 28.2 Å². The average molecular weight is 376 g/mol. The van der Waals surface area contributed by atoms with Crippen LogP contribution in [0.5, 0.6) is 0 Å². The molecule has 0 bridgehead atoms. The van der Waals surface area contributed by atoms with Crippen molar-refractivity contribution in [1.29, 1.82) is 0 Å². The summed E-state index contributed by atoms with van der Waals surface area (Å²) in [6.45, 7) is 3.61. The lowest BCUT2D eigenvalue weighted by molar-refractivity contribution is 0.396. The molecular weight excluding hydrogens is 356 g/mol. The Hall–Kier alpha value is -0.0600. The van der Waals surface area contributed by atoms with E-state index >= 15 is 0 Å². The molecule has 2 nitrogen and oxygen atoms in total. The number of halogens is 2. The van der Waals surface area contributed by atoms with Crippen LogP contribution in [0.25, 0.3) is 0 Å². The van der Waals surface area contributed by atoms with Gasteiger partial charge in [-0.2, -0.15) is 0 Å². The van der Waals surface area contributed by atoms with Gasteiger partial charge in [-0.1, -0.05) is 37.9 Å². The van der Waals surface area contributed by atoms with Crippen molar-refractivity contribution in [3.8, 4) is 0 Å². The number of alkyl halides is 1. The molecular formula is C14H20Br2N2. The Morgan fingerprint density at radius 2 is 2.22 bits per heavy atom. The van der Waals surface area contributed by atoms with E-state index in [1.807, 2.05) is 0 Å². The van der Waals surface area contributed by atoms with E-state index in [0.717, 1.165) is 17.8 Å². The fraction of sp³-hybridized carbons (Fsp3) is 0.571. The van der Waals surface area contributed by atoms with Crippen LogP contribution < -0.4 is 4.90 Å². The molecule has 0 aliphatic carbocycles. The molecule has 4 heteroatoms. The first-order valence-corrected chi connectivity index (χ1v) is 8.25. The number of hydrogen-bond acceptors (Lipinski definition) is 2. The van der Waals surface area contributed by atoms with Gasteiger partial charge in [0.15, 0.2) is 0 Å². The topological polar surface area (TPSA) is 6.48 Å². The van der Waals surface area contributed by atoms with Gasteiger partial charge in [0.05, 0.1) is 0 Å². The van der Waals surface area contributed by atoms with E-state index < -0.39 is 0 Å². The second-order valence-electron chi connectivity index (χ2n) is 5.21. The van der Waals surface area contributed by atoms with Crippen molar-refractivity contribution in [1.82, 2.24) is 4.90 Å². The van der Waals surface area contributed by atoms with E-state index in [9.17, 15) is 0 Å². The van der Waals surface area contributed by atoms with Gasteiger partial charge in [0.25, 0.3) is 0 Å². The number of anilines is 1. The smallest absolute Gasteiger partial charge is 0.0375 e. The van der Waals surface area contributed by atoms with Crippen LogP contribution in [0.4, 0.5) is 5.69 Å². The van der Waals surface area contributed by atoms with E-state index in [-0.39, 0.29) is 0 Å². The number of likely N-dealkylation sites (tertiary alicyclic amines) is 1. The molecule has 1 aromatic rings. The molecule has 2 rings (SSSR count). The molecule has 0 spiro atoms. The molecule has 100 valence electrons. The summed E-state index contributed by atoms with van der Waals surface area (Å²) >= 11 is 7.13. The molecule has 1 aromatic carbocycles. The highest BCUT2D eigenvalue weighted by atomic mass is 79.9. The van der Waals surface area contributed by atoms with Gasteiger partial charge in [-0.05, 0) is 43.6 Å². The Morgan fingerprint density at radius 3 is 2.78 bits per heavy atom. The molecule has 1 fully saturated rings. The number of hydrogen-bond donors (Lipinski definition) is 0. The highest BCUT2D eigenvalue weighted by Crippen LogP contribution is 2.26. The van der Waals surface area contributed by atoms with Crippen molar-refractivity contribution in [2.75, 3.05) is 38.6 Å². The van der Waals surface area contributed by atoms with E-state index in [1.54, 1.807) is 0 Å². The van der Waals surface area contributed by atoms with Crippen LogP contribution in [0, 0.1) is 5.92 Å². The highest BCUT2D eigenvalue weighted by Gasteiger charge is 2.20. The van der Waals surface area contributed by atoms with Crippen LogP contribution in [0.15, 0.2) is 22.7 Å². The molecule has 0 N–H and O–H groups in total. The SMILES string of the molecule is CN1CCC(CN(C)c2ccc(CBr)c(Br)c2)C1. The molecule has 1 atom stereocenters. The summed E-state index contributed by atoms with van der Waals surface area (Å²) in [5, 5.41) is 0.894. The van der Waals surface area contributed by atoms with Gasteiger partial charge >= 0.3 is 0 Å². The molecule has 1 heterocycles. The predicted octanol–water partition coefficient (Wildman–Crippen LogP) is 3.73. The number of benzene rings is 1. The van der Waals surface area contributed by atoms with Crippen LogP contribution >= 0.6 is 31.9 Å². The predicted molar refractivity (Wildman–Crippen MR) is 85.6 cm³/mol. The first-order valence-electron chi connectivity index (χ1n) is 6.34. The van der Waals surface area contributed by atoms with Crippen molar-refractivity contribution in [3.63, 3.8) is 0 Å². The Kier molecular flexibility index (Phi) is 5.10. The van der Waals surface area contributed by atoms with Crippen LogP contribution in [-0.2, 0) is 5.33 Å². The zero-order valence-corrected chi connectivity index (χ0v) is 14.2. The first-order chi connectivity index (χ1) is 8.60. The van der Waals surface area contributed by atoms with Crippen molar-refractivity contribution in [2.45, 2.75) is 11.8 Å². The van der Waals surface area contributed by atoms with Crippen molar-refractivity contribution >= 4 is 37.5 Å². The molecule has 1 saturated heterocycles. The fourth-order valence-electron chi connectivity index (χ4n) is 2.55. The summed E-state index contributed by atoms with van der Waals surface area (Å²) in [7, 11) is 4.40. The molecule has 0 saturated carbocycles. The van der Waals surface area contributed by atoms with Crippen LogP contribution in [-0.4, -0.2) is 38.6 Å². The molecule has 1 unspecified atom stereocenters. The Labute approximate surface area is 127 Å².